The maximum absolute atomic E-state index is 4.19. The van der Waals surface area contributed by atoms with Crippen LogP contribution in [0.5, 0.6) is 0 Å². The van der Waals surface area contributed by atoms with Gasteiger partial charge in [0.1, 0.15) is 0 Å². The summed E-state index contributed by atoms with van der Waals surface area (Å²) in [5.41, 5.74) is 18.3. The molecule has 4 nitrogen and oxygen atoms in total. The lowest BCUT2D eigenvalue weighted by molar-refractivity contribution is 1.18. The lowest BCUT2D eigenvalue weighted by Crippen LogP contribution is -2.76. The maximum Gasteiger partial charge on any atom is 0.522 e. The number of rotatable bonds is 8. The molecule has 0 atom stereocenters. The molecule has 0 aliphatic carbocycles. The van der Waals surface area contributed by atoms with E-state index in [1.165, 1.54) is 65.8 Å². The molecular weight excluding hydrogens is 997 g/mol. The van der Waals surface area contributed by atoms with Crippen LogP contribution >= 0.6 is 0 Å². The maximum atomic E-state index is 2.85. The molecule has 0 fully saturated rings. The standard InChI is InChI=1S/C76H52N4Si/c1-5-25-53(26-6-1)57-33-21-37-61(49-57)77-73-69-45-17-13-41-65(69)66-42-14-18-46-70(66)74(73)78(62-38-22-34-58(50-62)54-27-7-2-8-28-54)81(77)79(63-39-23-35-59(51-63)55-29-9-3-10-30-55)75-71-47-19-15-43-67(71)68-44-16-20-48-72(68)76(75)80(81)64-40-24-36-60(52-64)56-31-11-4-12-32-56/h1-52H. The van der Waals surface area contributed by atoms with Crippen LogP contribution in [-0.4, -0.2) is 8.72 Å². The first kappa shape index (κ1) is 46.6. The first-order valence-corrected chi connectivity index (χ1v) is 29.7. The lowest BCUT2D eigenvalue weighted by Gasteiger charge is -2.50. The summed E-state index contributed by atoms with van der Waals surface area (Å²) < 4.78 is 11.4. The van der Waals surface area contributed by atoms with Crippen molar-refractivity contribution in [1.82, 2.24) is 0 Å². The molecule has 1 spiro atoms. The van der Waals surface area contributed by atoms with Crippen LogP contribution in [0.25, 0.3) is 87.6 Å². The van der Waals surface area contributed by atoms with E-state index in [0.29, 0.717) is 0 Å². The van der Waals surface area contributed by atoms with Crippen LogP contribution in [0, 0.1) is 0 Å². The van der Waals surface area contributed by atoms with Gasteiger partial charge in [-0.2, -0.15) is 0 Å². The third-order valence-electron chi connectivity index (χ3n) is 16.7. The highest BCUT2D eigenvalue weighted by Crippen LogP contribution is 2.67. The molecule has 2 aliphatic rings. The van der Waals surface area contributed by atoms with Crippen LogP contribution in [0.15, 0.2) is 315 Å². The molecule has 0 unspecified atom stereocenters. The number of hydrogen-bond acceptors (Lipinski definition) is 4. The Morgan fingerprint density at radius 2 is 0.346 bits per heavy atom. The van der Waals surface area contributed by atoms with Gasteiger partial charge in [-0.05, 0) is 115 Å². The Morgan fingerprint density at radius 3 is 0.568 bits per heavy atom. The summed E-state index contributed by atoms with van der Waals surface area (Å²) in [6.45, 7) is 0. The number of hydrogen-bond donors (Lipinski definition) is 0. The van der Waals surface area contributed by atoms with Crippen molar-refractivity contribution in [2.75, 3.05) is 18.3 Å². The molecule has 5 heteroatoms. The van der Waals surface area contributed by atoms with E-state index in [1.807, 2.05) is 0 Å². The summed E-state index contributed by atoms with van der Waals surface area (Å²) in [6.07, 6.45) is 0. The van der Waals surface area contributed by atoms with Gasteiger partial charge in [0.05, 0.1) is 22.7 Å². The molecule has 0 saturated heterocycles. The molecule has 2 heterocycles. The fraction of sp³-hybridized carbons (Fsp3) is 0. The zero-order chi connectivity index (χ0) is 53.4. The van der Waals surface area contributed by atoms with Crippen molar-refractivity contribution < 1.29 is 0 Å². The van der Waals surface area contributed by atoms with Gasteiger partial charge in [-0.1, -0.05) is 267 Å². The van der Waals surface area contributed by atoms with Crippen LogP contribution in [-0.2, 0) is 0 Å². The molecule has 0 amide bonds. The zero-order valence-electron chi connectivity index (χ0n) is 44.3. The van der Waals surface area contributed by atoms with Crippen LogP contribution in [0.2, 0.25) is 0 Å². The molecule has 14 aromatic rings. The second-order valence-corrected chi connectivity index (χ2v) is 24.2. The minimum atomic E-state index is -4.19. The van der Waals surface area contributed by atoms with Crippen molar-refractivity contribution in [3.8, 4) is 44.5 Å². The molecule has 0 radical (unpaired) electrons. The van der Waals surface area contributed by atoms with Gasteiger partial charge in [-0.25, -0.2) is 0 Å². The van der Waals surface area contributed by atoms with Crippen LogP contribution in [0.3, 0.4) is 0 Å². The van der Waals surface area contributed by atoms with Gasteiger partial charge in [-0.15, -0.1) is 0 Å². The molecule has 14 aromatic carbocycles. The van der Waals surface area contributed by atoms with Gasteiger partial charge in [0.25, 0.3) is 0 Å². The number of anilines is 8. The molecule has 0 aromatic heterocycles. The molecule has 0 N–H and O–H groups in total. The predicted molar refractivity (Wildman–Crippen MR) is 345 cm³/mol. The van der Waals surface area contributed by atoms with Crippen LogP contribution < -0.4 is 18.3 Å². The molecule has 81 heavy (non-hydrogen) atoms. The van der Waals surface area contributed by atoms with Crippen molar-refractivity contribution in [2.45, 2.75) is 0 Å². The summed E-state index contributed by atoms with van der Waals surface area (Å²) in [7, 11) is -4.19. The molecule has 2 aliphatic heterocycles. The Hall–Kier alpha value is -10.5. The SMILES string of the molecule is c1ccc(-c2cccc(N3c4c(c5ccccc5c5ccccc45)N(c4cccc(-c5ccccc5)c4)[Si]34N(c3cccc(-c5ccccc5)c3)c3c(c5ccccc5c5ccccc35)N4c3cccc(-c4ccccc4)c3)c2)cc1. The fourth-order valence-electron chi connectivity index (χ4n) is 13.3. The van der Waals surface area contributed by atoms with Gasteiger partial charge >= 0.3 is 8.72 Å². The minimum absolute atomic E-state index is 1.10. The Balaban J connectivity index is 1.16. The molecule has 0 bridgehead atoms. The highest BCUT2D eigenvalue weighted by Gasteiger charge is 2.71. The van der Waals surface area contributed by atoms with Crippen molar-refractivity contribution in [2.24, 2.45) is 0 Å². The van der Waals surface area contributed by atoms with Gasteiger partial charge in [0, 0.05) is 44.3 Å². The smallest absolute Gasteiger partial charge is 0.313 e. The quantitative estimate of drug-likeness (QED) is 0.111. The van der Waals surface area contributed by atoms with E-state index in [0.717, 1.165) is 67.3 Å². The Bertz CT molecular complexity index is 4130. The van der Waals surface area contributed by atoms with E-state index in [1.54, 1.807) is 0 Å². The summed E-state index contributed by atoms with van der Waals surface area (Å²) in [6, 6.07) is 118. The second kappa shape index (κ2) is 18.9. The van der Waals surface area contributed by atoms with Gasteiger partial charge in [0.15, 0.2) is 0 Å². The third kappa shape index (κ3) is 7.22. The fourth-order valence-corrected chi connectivity index (χ4v) is 18.6. The van der Waals surface area contributed by atoms with Crippen molar-refractivity contribution in [3.63, 3.8) is 0 Å². The zero-order valence-corrected chi connectivity index (χ0v) is 45.3. The van der Waals surface area contributed by atoms with Gasteiger partial charge in [0.2, 0.25) is 0 Å². The normalized spacial score (nSPS) is 13.4. The highest BCUT2D eigenvalue weighted by atomic mass is 28.4. The average Bonchev–Trinajstić information content (AvgIpc) is 1.86. The first-order chi connectivity index (χ1) is 40.2. The van der Waals surface area contributed by atoms with Crippen LogP contribution in [0.4, 0.5) is 45.5 Å². The van der Waals surface area contributed by atoms with Crippen molar-refractivity contribution >= 4 is 97.3 Å². The number of fused-ring (bicyclic) bond motifs is 12. The molecule has 0 saturated carbocycles. The van der Waals surface area contributed by atoms with E-state index in [4.69, 9.17) is 0 Å². The Morgan fingerprint density at radius 1 is 0.160 bits per heavy atom. The van der Waals surface area contributed by atoms with E-state index >= 15 is 0 Å². The molecule has 16 rings (SSSR count). The minimum Gasteiger partial charge on any atom is -0.313 e. The largest absolute Gasteiger partial charge is 0.522 e. The first-order valence-electron chi connectivity index (χ1n) is 27.9. The summed E-state index contributed by atoms with van der Waals surface area (Å²) in [5.74, 6) is 0. The number of nitrogens with zero attached hydrogens (tertiary/aromatic N) is 4. The van der Waals surface area contributed by atoms with E-state index in [2.05, 4.69) is 334 Å². The Labute approximate surface area is 472 Å². The molecule has 380 valence electrons. The second-order valence-electron chi connectivity index (χ2n) is 21.2. The number of benzene rings is 14. The summed E-state index contributed by atoms with van der Waals surface area (Å²) in [4.78, 5) is 0. The highest BCUT2D eigenvalue weighted by molar-refractivity contribution is 7.00. The van der Waals surface area contributed by atoms with Crippen LogP contribution in [0.1, 0.15) is 0 Å². The van der Waals surface area contributed by atoms with Crippen molar-refractivity contribution in [1.29, 1.82) is 0 Å². The molecular formula is C76H52N4Si. The lowest BCUT2D eigenvalue weighted by atomic mass is 9.97. The average molecular weight is 1050 g/mol. The summed E-state index contributed by atoms with van der Waals surface area (Å²) >= 11 is 0. The van der Waals surface area contributed by atoms with Crippen molar-refractivity contribution in [3.05, 3.63) is 315 Å². The Kier molecular flexibility index (Phi) is 10.9. The van der Waals surface area contributed by atoms with E-state index in [-0.39, 0.29) is 0 Å². The van der Waals surface area contributed by atoms with E-state index in [9.17, 15) is 0 Å². The topological polar surface area (TPSA) is 13.0 Å². The predicted octanol–water partition coefficient (Wildman–Crippen LogP) is 20.7. The van der Waals surface area contributed by atoms with Gasteiger partial charge < -0.3 is 18.3 Å². The third-order valence-corrected chi connectivity index (χ3v) is 21.0. The van der Waals surface area contributed by atoms with Gasteiger partial charge in [-0.3, -0.25) is 0 Å². The van der Waals surface area contributed by atoms with E-state index < -0.39 is 8.72 Å². The summed E-state index contributed by atoms with van der Waals surface area (Å²) in [5, 5.41) is 9.59. The monoisotopic (exact) mass is 1050 g/mol.